The molecule has 0 bridgehead atoms. The molecule has 1 saturated carbocycles. The molecule has 0 spiro atoms. The normalized spacial score (nSPS) is 15.9. The number of nitrogens with one attached hydrogen (secondary N) is 1. The van der Waals surface area contributed by atoms with Crippen LogP contribution in [0.2, 0.25) is 5.02 Å². The Morgan fingerprint density at radius 3 is 2.73 bits per heavy atom. The molecular weight excluding hydrogens is 210 g/mol. The second-order valence-corrected chi connectivity index (χ2v) is 4.32. The molecule has 1 N–H and O–H groups in total. The van der Waals surface area contributed by atoms with Crippen molar-refractivity contribution >= 4 is 17.5 Å². The Morgan fingerprint density at radius 1 is 1.47 bits per heavy atom. The van der Waals surface area contributed by atoms with Crippen LogP contribution in [0.15, 0.2) is 18.2 Å². The Balaban J connectivity index is 2.43. The molecule has 15 heavy (non-hydrogen) atoms. The molecule has 80 valence electrons. The number of halogens is 1. The minimum Gasteiger partial charge on any atom is -0.355 e. The maximum Gasteiger partial charge on any atom is 0.252 e. The van der Waals surface area contributed by atoms with Gasteiger partial charge in [0.1, 0.15) is 0 Å². The molecule has 0 unspecified atom stereocenters. The summed E-state index contributed by atoms with van der Waals surface area (Å²) in [6.07, 6.45) is 3.60. The lowest BCUT2D eigenvalue weighted by Gasteiger charge is -2.27. The maximum atomic E-state index is 11.7. The van der Waals surface area contributed by atoms with Crippen LogP contribution in [0.25, 0.3) is 0 Å². The van der Waals surface area contributed by atoms with Gasteiger partial charge in [-0.15, -0.1) is 0 Å². The highest BCUT2D eigenvalue weighted by Crippen LogP contribution is 2.39. The summed E-state index contributed by atoms with van der Waals surface area (Å²) >= 11 is 6.07. The molecule has 1 aromatic rings. The van der Waals surface area contributed by atoms with E-state index in [4.69, 9.17) is 11.6 Å². The summed E-state index contributed by atoms with van der Waals surface area (Å²) in [5, 5.41) is 3.20. The SMILES string of the molecule is CNC(=O)c1c(Cl)cccc1C1CCC1. The van der Waals surface area contributed by atoms with Gasteiger partial charge < -0.3 is 5.32 Å². The van der Waals surface area contributed by atoms with Gasteiger partial charge in [-0.1, -0.05) is 30.2 Å². The van der Waals surface area contributed by atoms with E-state index < -0.39 is 0 Å². The van der Waals surface area contributed by atoms with E-state index in [9.17, 15) is 4.79 Å². The number of carbonyl (C=O) groups excluding carboxylic acids is 1. The van der Waals surface area contributed by atoms with Gasteiger partial charge in [0, 0.05) is 7.05 Å². The van der Waals surface area contributed by atoms with Crippen molar-refractivity contribution < 1.29 is 4.79 Å². The number of amides is 1. The van der Waals surface area contributed by atoms with E-state index >= 15 is 0 Å². The third-order valence-electron chi connectivity index (χ3n) is 3.04. The molecule has 1 aliphatic rings. The van der Waals surface area contributed by atoms with E-state index in [1.54, 1.807) is 13.1 Å². The van der Waals surface area contributed by atoms with Crippen LogP contribution >= 0.6 is 11.6 Å². The zero-order chi connectivity index (χ0) is 10.8. The topological polar surface area (TPSA) is 29.1 Å². The fourth-order valence-electron chi connectivity index (χ4n) is 1.96. The lowest BCUT2D eigenvalue weighted by Crippen LogP contribution is -2.22. The van der Waals surface area contributed by atoms with Crippen LogP contribution in [-0.4, -0.2) is 13.0 Å². The minimum absolute atomic E-state index is 0.0810. The Labute approximate surface area is 94.6 Å². The highest BCUT2D eigenvalue weighted by atomic mass is 35.5. The van der Waals surface area contributed by atoms with Gasteiger partial charge in [-0.05, 0) is 30.4 Å². The van der Waals surface area contributed by atoms with Gasteiger partial charge in [0.2, 0.25) is 0 Å². The summed E-state index contributed by atoms with van der Waals surface area (Å²) in [5.41, 5.74) is 1.76. The lowest BCUT2D eigenvalue weighted by molar-refractivity contribution is 0.0961. The van der Waals surface area contributed by atoms with E-state index in [1.165, 1.54) is 19.3 Å². The van der Waals surface area contributed by atoms with E-state index in [0.717, 1.165) is 5.56 Å². The molecule has 0 radical (unpaired) electrons. The van der Waals surface area contributed by atoms with Gasteiger partial charge in [0.15, 0.2) is 0 Å². The summed E-state index contributed by atoms with van der Waals surface area (Å²) in [4.78, 5) is 11.7. The second-order valence-electron chi connectivity index (χ2n) is 3.91. The van der Waals surface area contributed by atoms with Crippen LogP contribution in [0.1, 0.15) is 41.1 Å². The monoisotopic (exact) mass is 223 g/mol. The Kier molecular flexibility index (Phi) is 2.96. The molecular formula is C12H14ClNO. The molecule has 1 amide bonds. The summed E-state index contributed by atoms with van der Waals surface area (Å²) in [5.74, 6) is 0.443. The van der Waals surface area contributed by atoms with Crippen molar-refractivity contribution in [3.8, 4) is 0 Å². The third kappa shape index (κ3) is 1.86. The molecule has 0 aromatic heterocycles. The van der Waals surface area contributed by atoms with Crippen LogP contribution in [0.5, 0.6) is 0 Å². The van der Waals surface area contributed by atoms with Gasteiger partial charge in [0.05, 0.1) is 10.6 Å². The molecule has 0 atom stereocenters. The van der Waals surface area contributed by atoms with Crippen molar-refractivity contribution in [2.75, 3.05) is 7.05 Å². The largest absolute Gasteiger partial charge is 0.355 e. The first-order chi connectivity index (χ1) is 7.24. The molecule has 2 nitrogen and oxygen atoms in total. The summed E-state index contributed by atoms with van der Waals surface area (Å²) in [6.45, 7) is 0. The predicted octanol–water partition coefficient (Wildman–Crippen LogP) is 2.97. The predicted molar refractivity (Wildman–Crippen MR) is 61.4 cm³/mol. The second kappa shape index (κ2) is 4.23. The molecule has 1 fully saturated rings. The number of hydrogen-bond donors (Lipinski definition) is 1. The number of hydrogen-bond acceptors (Lipinski definition) is 1. The first-order valence-electron chi connectivity index (χ1n) is 5.24. The van der Waals surface area contributed by atoms with E-state index in [0.29, 0.717) is 16.5 Å². The van der Waals surface area contributed by atoms with Crippen molar-refractivity contribution in [1.29, 1.82) is 0 Å². The van der Waals surface area contributed by atoms with Gasteiger partial charge in [-0.25, -0.2) is 0 Å². The summed E-state index contributed by atoms with van der Waals surface area (Å²) < 4.78 is 0. The van der Waals surface area contributed by atoms with Gasteiger partial charge >= 0.3 is 0 Å². The molecule has 3 heteroatoms. The molecule has 1 aliphatic carbocycles. The van der Waals surface area contributed by atoms with Crippen LogP contribution < -0.4 is 5.32 Å². The Morgan fingerprint density at radius 2 is 2.20 bits per heavy atom. The summed E-state index contributed by atoms with van der Waals surface area (Å²) in [6, 6.07) is 5.71. The average Bonchev–Trinajstić information content (AvgIpc) is 2.14. The van der Waals surface area contributed by atoms with Crippen LogP contribution in [0, 0.1) is 0 Å². The molecule has 0 heterocycles. The Bertz CT molecular complexity index is 385. The highest BCUT2D eigenvalue weighted by molar-refractivity contribution is 6.34. The zero-order valence-corrected chi connectivity index (χ0v) is 9.47. The van der Waals surface area contributed by atoms with E-state index in [1.807, 2.05) is 12.1 Å². The van der Waals surface area contributed by atoms with Crippen LogP contribution in [-0.2, 0) is 0 Å². The molecule has 0 aliphatic heterocycles. The molecule has 2 rings (SSSR count). The smallest absolute Gasteiger partial charge is 0.252 e. The van der Waals surface area contributed by atoms with Crippen molar-refractivity contribution in [2.24, 2.45) is 0 Å². The quantitative estimate of drug-likeness (QED) is 0.821. The molecule has 1 aromatic carbocycles. The maximum absolute atomic E-state index is 11.7. The van der Waals surface area contributed by atoms with Crippen LogP contribution in [0.3, 0.4) is 0 Å². The standard InChI is InChI=1S/C12H14ClNO/c1-14-12(15)11-9(8-4-2-5-8)6-3-7-10(11)13/h3,6-8H,2,4-5H2,1H3,(H,14,15). The minimum atomic E-state index is -0.0810. The van der Waals surface area contributed by atoms with Crippen molar-refractivity contribution in [1.82, 2.24) is 5.32 Å². The van der Waals surface area contributed by atoms with E-state index in [-0.39, 0.29) is 5.91 Å². The zero-order valence-electron chi connectivity index (χ0n) is 8.72. The highest BCUT2D eigenvalue weighted by Gasteiger charge is 2.25. The molecule has 0 saturated heterocycles. The van der Waals surface area contributed by atoms with Crippen molar-refractivity contribution in [3.05, 3.63) is 34.3 Å². The summed E-state index contributed by atoms with van der Waals surface area (Å²) in [7, 11) is 1.64. The fraction of sp³-hybridized carbons (Fsp3) is 0.417. The van der Waals surface area contributed by atoms with Gasteiger partial charge in [0.25, 0.3) is 5.91 Å². The number of rotatable bonds is 2. The first kappa shape index (κ1) is 10.5. The fourth-order valence-corrected chi connectivity index (χ4v) is 2.23. The lowest BCUT2D eigenvalue weighted by atomic mass is 9.78. The van der Waals surface area contributed by atoms with E-state index in [2.05, 4.69) is 5.32 Å². The van der Waals surface area contributed by atoms with Crippen molar-refractivity contribution in [3.63, 3.8) is 0 Å². The van der Waals surface area contributed by atoms with Crippen LogP contribution in [0.4, 0.5) is 0 Å². The average molecular weight is 224 g/mol. The van der Waals surface area contributed by atoms with Gasteiger partial charge in [-0.2, -0.15) is 0 Å². The third-order valence-corrected chi connectivity index (χ3v) is 3.36. The first-order valence-corrected chi connectivity index (χ1v) is 5.62. The van der Waals surface area contributed by atoms with Crippen molar-refractivity contribution in [2.45, 2.75) is 25.2 Å². The van der Waals surface area contributed by atoms with Gasteiger partial charge in [-0.3, -0.25) is 4.79 Å². The number of carbonyl (C=O) groups is 1. The number of benzene rings is 1. The Hall–Kier alpha value is -1.02.